The van der Waals surface area contributed by atoms with Crippen LogP contribution < -0.4 is 37.6 Å². The van der Waals surface area contributed by atoms with Crippen LogP contribution in [0.3, 0.4) is 0 Å². The molecule has 1 amide bonds. The van der Waals surface area contributed by atoms with E-state index < -0.39 is 5.91 Å². The number of aromatic hydroxyl groups is 2. The molecule has 3 heterocycles. The number of rotatable bonds is 6. The van der Waals surface area contributed by atoms with Crippen molar-refractivity contribution in [3.63, 3.8) is 0 Å². The van der Waals surface area contributed by atoms with Crippen LogP contribution in [0.5, 0.6) is 11.5 Å². The molecule has 2 fully saturated rings. The number of anilines is 5. The summed E-state index contributed by atoms with van der Waals surface area (Å²) in [4.78, 5) is 31.4. The smallest absolute Gasteiger partial charge is 0.259 e. The number of benzene rings is 3. The topological polar surface area (TPSA) is 205 Å². The molecule has 13 heteroatoms. The standard InChI is InChI=1S/C31H38N10O3/c1-17-9-19(32)14-40(13-17)30-37-29(38-31(39-30)41-15-20(33)11-21(34)16-41)36-23-7-5-22(6-8-23)35-28(44)25-10-18-3-2-4-26(42)24(18)12-27(25)43/h2-8,10,12,17,19-21,42-43H,9,11,13-16,32-34H2,1H3,(H,35,44)(H,36,37,38,39)/t17-,19+,20-,21+/m1/s1. The maximum Gasteiger partial charge on any atom is 0.259 e. The van der Waals surface area contributed by atoms with Gasteiger partial charge < -0.3 is 47.8 Å². The van der Waals surface area contributed by atoms with Crippen molar-refractivity contribution in [1.82, 2.24) is 15.0 Å². The molecule has 4 aromatic rings. The van der Waals surface area contributed by atoms with Crippen molar-refractivity contribution in [3.05, 3.63) is 60.2 Å². The van der Waals surface area contributed by atoms with Crippen molar-refractivity contribution in [2.24, 2.45) is 23.1 Å². The van der Waals surface area contributed by atoms with Gasteiger partial charge in [-0.1, -0.05) is 19.1 Å². The van der Waals surface area contributed by atoms with Gasteiger partial charge in [-0.2, -0.15) is 15.0 Å². The number of amides is 1. The molecule has 2 aliphatic heterocycles. The molecule has 0 spiro atoms. The lowest BCUT2D eigenvalue weighted by molar-refractivity contribution is 0.102. The van der Waals surface area contributed by atoms with Crippen molar-refractivity contribution in [2.45, 2.75) is 37.9 Å². The quantitative estimate of drug-likeness (QED) is 0.171. The SMILES string of the molecule is C[C@@H]1C[C@H](N)CN(c2nc(Nc3ccc(NC(=O)c4cc5cccc(O)c5cc4O)cc3)nc(N3C[C@H](N)C[C@H](N)C3)n2)C1. The van der Waals surface area contributed by atoms with Gasteiger partial charge in [-0.25, -0.2) is 0 Å². The molecule has 230 valence electrons. The molecule has 1 aromatic heterocycles. The number of nitrogens with two attached hydrogens (primary N) is 3. The zero-order chi connectivity index (χ0) is 31.0. The number of carbonyl (C=O) groups is 1. The summed E-state index contributed by atoms with van der Waals surface area (Å²) in [5.41, 5.74) is 20.2. The van der Waals surface area contributed by atoms with Crippen LogP contribution in [0.4, 0.5) is 29.2 Å². The molecule has 10 N–H and O–H groups in total. The Kier molecular flexibility index (Phi) is 8.08. The summed E-state index contributed by atoms with van der Waals surface area (Å²) in [7, 11) is 0. The van der Waals surface area contributed by atoms with E-state index in [9.17, 15) is 15.0 Å². The van der Waals surface area contributed by atoms with E-state index in [-0.39, 0.29) is 35.2 Å². The Hall–Kier alpha value is -4.72. The lowest BCUT2D eigenvalue weighted by Gasteiger charge is -2.37. The van der Waals surface area contributed by atoms with Crippen LogP contribution in [0.2, 0.25) is 0 Å². The summed E-state index contributed by atoms with van der Waals surface area (Å²) >= 11 is 0. The maximum atomic E-state index is 13.0. The fourth-order valence-corrected chi connectivity index (χ4v) is 6.04. The van der Waals surface area contributed by atoms with Gasteiger partial charge in [-0.05, 0) is 66.6 Å². The number of hydrogen-bond acceptors (Lipinski definition) is 12. The maximum absolute atomic E-state index is 13.0. The number of hydrogen-bond donors (Lipinski definition) is 7. The number of carbonyl (C=O) groups excluding carboxylic acids is 1. The number of nitrogens with one attached hydrogen (secondary N) is 2. The molecule has 13 nitrogen and oxygen atoms in total. The van der Waals surface area contributed by atoms with Crippen molar-refractivity contribution in [1.29, 1.82) is 0 Å². The number of piperidine rings is 2. The van der Waals surface area contributed by atoms with Crippen molar-refractivity contribution < 1.29 is 15.0 Å². The summed E-state index contributed by atoms with van der Waals surface area (Å²) in [5.74, 6) is 1.14. The average molecular weight is 599 g/mol. The Morgan fingerprint density at radius 2 is 1.41 bits per heavy atom. The first-order valence-electron chi connectivity index (χ1n) is 14.8. The highest BCUT2D eigenvalue weighted by atomic mass is 16.3. The van der Waals surface area contributed by atoms with E-state index in [1.165, 1.54) is 12.1 Å². The summed E-state index contributed by atoms with van der Waals surface area (Å²) < 4.78 is 0. The van der Waals surface area contributed by atoms with E-state index >= 15 is 0 Å². The zero-order valence-corrected chi connectivity index (χ0v) is 24.5. The summed E-state index contributed by atoms with van der Waals surface area (Å²) in [6, 6.07) is 14.8. The van der Waals surface area contributed by atoms with Crippen molar-refractivity contribution in [3.8, 4) is 11.5 Å². The van der Waals surface area contributed by atoms with Crippen molar-refractivity contribution in [2.75, 3.05) is 46.6 Å². The summed E-state index contributed by atoms with van der Waals surface area (Å²) in [6.45, 7) is 4.79. The van der Waals surface area contributed by atoms with Gasteiger partial charge in [-0.15, -0.1) is 0 Å². The van der Waals surface area contributed by atoms with E-state index in [0.29, 0.717) is 65.5 Å². The average Bonchev–Trinajstić information content (AvgIpc) is 2.97. The molecule has 0 unspecified atom stereocenters. The second-order valence-electron chi connectivity index (χ2n) is 11.9. The van der Waals surface area contributed by atoms with Crippen LogP contribution in [0.15, 0.2) is 54.6 Å². The van der Waals surface area contributed by atoms with Gasteiger partial charge >= 0.3 is 0 Å². The van der Waals surface area contributed by atoms with E-state index in [2.05, 4.69) is 22.5 Å². The van der Waals surface area contributed by atoms with E-state index in [1.54, 1.807) is 42.5 Å². The fourth-order valence-electron chi connectivity index (χ4n) is 6.04. The van der Waals surface area contributed by atoms with Crippen LogP contribution in [0.1, 0.15) is 30.1 Å². The number of fused-ring (bicyclic) bond motifs is 1. The normalized spacial score (nSPS) is 22.2. The first-order valence-corrected chi connectivity index (χ1v) is 14.8. The van der Waals surface area contributed by atoms with Gasteiger partial charge in [0.2, 0.25) is 17.8 Å². The van der Waals surface area contributed by atoms with E-state index in [4.69, 9.17) is 32.2 Å². The number of nitrogens with zero attached hydrogens (tertiary/aromatic N) is 5. The second-order valence-corrected chi connectivity index (χ2v) is 11.9. The van der Waals surface area contributed by atoms with E-state index in [1.807, 2.05) is 4.90 Å². The first-order chi connectivity index (χ1) is 21.1. The largest absolute Gasteiger partial charge is 0.507 e. The Labute approximate surface area is 255 Å². The third kappa shape index (κ3) is 6.44. The highest BCUT2D eigenvalue weighted by Gasteiger charge is 2.28. The number of phenolic OH excluding ortho intramolecular Hbond substituents is 2. The predicted octanol–water partition coefficient (Wildman–Crippen LogP) is 2.47. The minimum Gasteiger partial charge on any atom is -0.507 e. The lowest BCUT2D eigenvalue weighted by Crippen LogP contribution is -2.53. The fraction of sp³-hybridized carbons (Fsp3) is 0.355. The molecule has 2 aliphatic rings. The molecule has 44 heavy (non-hydrogen) atoms. The summed E-state index contributed by atoms with van der Waals surface area (Å²) in [5, 5.41) is 27.7. The minimum absolute atomic E-state index is 0.0265. The van der Waals surface area contributed by atoms with Gasteiger partial charge in [-0.3, -0.25) is 4.79 Å². The van der Waals surface area contributed by atoms with Crippen LogP contribution >= 0.6 is 0 Å². The molecule has 0 saturated carbocycles. The Balaban J connectivity index is 1.22. The monoisotopic (exact) mass is 598 g/mol. The molecule has 2 saturated heterocycles. The molecule has 0 aliphatic carbocycles. The highest BCUT2D eigenvalue weighted by molar-refractivity contribution is 6.09. The van der Waals surface area contributed by atoms with Gasteiger partial charge in [0.15, 0.2) is 0 Å². The van der Waals surface area contributed by atoms with Gasteiger partial charge in [0.05, 0.1) is 5.56 Å². The van der Waals surface area contributed by atoms with Gasteiger partial charge in [0.1, 0.15) is 11.5 Å². The third-order valence-corrected chi connectivity index (χ3v) is 8.00. The second kappa shape index (κ2) is 12.1. The molecular weight excluding hydrogens is 560 g/mol. The zero-order valence-electron chi connectivity index (χ0n) is 24.5. The number of aromatic nitrogens is 3. The summed E-state index contributed by atoms with van der Waals surface area (Å²) in [6.07, 6.45) is 1.69. The first kappa shape index (κ1) is 29.4. The van der Waals surface area contributed by atoms with Crippen LogP contribution in [0.25, 0.3) is 10.8 Å². The van der Waals surface area contributed by atoms with Crippen LogP contribution in [-0.4, -0.2) is 75.4 Å². The molecule has 4 atom stereocenters. The highest BCUT2D eigenvalue weighted by Crippen LogP contribution is 2.31. The van der Waals surface area contributed by atoms with Gasteiger partial charge in [0, 0.05) is 61.1 Å². The Morgan fingerprint density at radius 1 is 0.795 bits per heavy atom. The Bertz CT molecular complexity index is 1600. The van der Waals surface area contributed by atoms with Crippen molar-refractivity contribution >= 4 is 45.9 Å². The predicted molar refractivity (Wildman–Crippen MR) is 172 cm³/mol. The van der Waals surface area contributed by atoms with Gasteiger partial charge in [0.25, 0.3) is 5.91 Å². The third-order valence-electron chi connectivity index (χ3n) is 8.00. The Morgan fingerprint density at radius 3 is 2.07 bits per heavy atom. The van der Waals surface area contributed by atoms with E-state index in [0.717, 1.165) is 19.4 Å². The molecule has 6 rings (SSSR count). The van der Waals surface area contributed by atoms with Crippen LogP contribution in [0, 0.1) is 5.92 Å². The molecule has 3 aromatic carbocycles. The molecular formula is C31H38N10O3. The minimum atomic E-state index is -0.480. The molecule has 0 bridgehead atoms. The molecule has 0 radical (unpaired) electrons. The lowest BCUT2D eigenvalue weighted by atomic mass is 9.97. The number of phenols is 2. The van der Waals surface area contributed by atoms with Crippen LogP contribution in [-0.2, 0) is 0 Å².